The quantitative estimate of drug-likeness (QED) is 0.796. The Morgan fingerprint density at radius 1 is 1.47 bits per heavy atom. The molecule has 2 aromatic rings. The van der Waals surface area contributed by atoms with E-state index >= 15 is 0 Å². The average Bonchev–Trinajstić information content (AvgIpc) is 2.65. The molecule has 0 bridgehead atoms. The molecule has 0 aliphatic heterocycles. The summed E-state index contributed by atoms with van der Waals surface area (Å²) in [5.41, 5.74) is 0.677. The van der Waals surface area contributed by atoms with E-state index in [1.165, 1.54) is 13.2 Å². The second-order valence-corrected chi connectivity index (χ2v) is 4.17. The molecule has 1 aromatic heterocycles. The monoisotopic (exact) mass is 318 g/mol. The number of benzene rings is 1. The number of hydrogen-bond acceptors (Lipinski definition) is 2. The minimum absolute atomic E-state index is 0.237. The first-order valence-electron chi connectivity index (χ1n) is 4.25. The van der Waals surface area contributed by atoms with Gasteiger partial charge >= 0.3 is 0 Å². The molecule has 1 heterocycles. The Morgan fingerprint density at radius 3 is 2.80 bits per heavy atom. The average molecular weight is 318 g/mol. The number of hydrogen-bond donors (Lipinski definition) is 0. The van der Waals surface area contributed by atoms with Crippen molar-refractivity contribution in [3.63, 3.8) is 0 Å². The van der Waals surface area contributed by atoms with Gasteiger partial charge in [0.25, 0.3) is 0 Å². The molecular weight excluding hydrogens is 310 g/mol. The van der Waals surface area contributed by atoms with Crippen molar-refractivity contribution in [1.82, 2.24) is 9.78 Å². The molecule has 0 aliphatic carbocycles. The minimum atomic E-state index is -0.388. The van der Waals surface area contributed by atoms with Crippen LogP contribution >= 0.6 is 22.6 Å². The molecule has 0 saturated heterocycles. The molecule has 0 saturated carbocycles. The highest BCUT2D eigenvalue weighted by Crippen LogP contribution is 2.20. The van der Waals surface area contributed by atoms with Crippen molar-refractivity contribution in [1.29, 1.82) is 0 Å². The summed E-state index contributed by atoms with van der Waals surface area (Å²) in [5.74, 6) is -0.152. The lowest BCUT2D eigenvalue weighted by atomic mass is 10.3. The molecule has 0 unspecified atom stereocenters. The van der Waals surface area contributed by atoms with Crippen molar-refractivity contribution in [3.8, 4) is 11.4 Å². The smallest absolute Gasteiger partial charge is 0.167 e. The Kier molecular flexibility index (Phi) is 2.90. The van der Waals surface area contributed by atoms with Crippen molar-refractivity contribution < 1.29 is 9.13 Å². The Bertz CT molecular complexity index is 484. The second-order valence-electron chi connectivity index (χ2n) is 2.92. The fourth-order valence-corrected chi connectivity index (χ4v) is 1.63. The molecule has 78 valence electrons. The molecule has 5 heteroatoms. The molecule has 3 nitrogen and oxygen atoms in total. The number of halogens is 2. The molecular formula is C10H8FIN2O. The fourth-order valence-electron chi connectivity index (χ4n) is 1.24. The largest absolute Gasteiger partial charge is 0.494 e. The highest BCUT2D eigenvalue weighted by molar-refractivity contribution is 14.1. The van der Waals surface area contributed by atoms with E-state index in [2.05, 4.69) is 27.7 Å². The van der Waals surface area contributed by atoms with Crippen LogP contribution in [0.25, 0.3) is 5.69 Å². The van der Waals surface area contributed by atoms with Crippen molar-refractivity contribution in [3.05, 3.63) is 40.0 Å². The Balaban J connectivity index is 2.42. The highest BCUT2D eigenvalue weighted by atomic mass is 127. The van der Waals surface area contributed by atoms with Gasteiger partial charge in [0.05, 0.1) is 22.6 Å². The first-order valence-corrected chi connectivity index (χ1v) is 5.32. The third-order valence-corrected chi connectivity index (χ3v) is 2.51. The third-order valence-electron chi connectivity index (χ3n) is 1.95. The molecule has 0 N–H and O–H groups in total. The van der Waals surface area contributed by atoms with E-state index in [-0.39, 0.29) is 11.6 Å². The molecule has 0 aliphatic rings. The number of aromatic nitrogens is 2. The van der Waals surface area contributed by atoms with E-state index in [9.17, 15) is 4.39 Å². The molecule has 0 atom stereocenters. The van der Waals surface area contributed by atoms with Gasteiger partial charge in [0.2, 0.25) is 0 Å². The summed E-state index contributed by atoms with van der Waals surface area (Å²) in [6.45, 7) is 0. The normalized spacial score (nSPS) is 10.3. The molecule has 0 fully saturated rings. The van der Waals surface area contributed by atoms with Gasteiger partial charge in [-0.05, 0) is 34.7 Å². The van der Waals surface area contributed by atoms with Crippen LogP contribution in [0.2, 0.25) is 0 Å². The van der Waals surface area contributed by atoms with Crippen LogP contribution in [0, 0.1) is 9.39 Å². The van der Waals surface area contributed by atoms with Crippen LogP contribution in [-0.4, -0.2) is 16.9 Å². The third kappa shape index (κ3) is 2.11. The van der Waals surface area contributed by atoms with Gasteiger partial charge in [-0.15, -0.1) is 0 Å². The van der Waals surface area contributed by atoms with E-state index < -0.39 is 0 Å². The molecule has 0 radical (unpaired) electrons. The van der Waals surface area contributed by atoms with E-state index in [0.29, 0.717) is 5.69 Å². The zero-order valence-corrected chi connectivity index (χ0v) is 10.1. The van der Waals surface area contributed by atoms with Crippen molar-refractivity contribution >= 4 is 22.6 Å². The second kappa shape index (κ2) is 4.18. The Hall–Kier alpha value is -1.11. The van der Waals surface area contributed by atoms with Gasteiger partial charge in [0.15, 0.2) is 11.6 Å². The lowest BCUT2D eigenvalue weighted by molar-refractivity contribution is 0.386. The summed E-state index contributed by atoms with van der Waals surface area (Å²) in [5, 5.41) is 4.08. The summed E-state index contributed by atoms with van der Waals surface area (Å²) in [6, 6.07) is 4.73. The SMILES string of the molecule is COc1ccc(-n2cc(I)cn2)cc1F. The summed E-state index contributed by atoms with van der Waals surface area (Å²) < 4.78 is 20.8. The van der Waals surface area contributed by atoms with E-state index in [1.807, 2.05) is 6.20 Å². The van der Waals surface area contributed by atoms with Gasteiger partial charge in [-0.3, -0.25) is 0 Å². The molecule has 0 spiro atoms. The molecule has 1 aromatic carbocycles. The topological polar surface area (TPSA) is 27.1 Å². The molecule has 15 heavy (non-hydrogen) atoms. The van der Waals surface area contributed by atoms with Crippen molar-refractivity contribution in [2.24, 2.45) is 0 Å². The highest BCUT2D eigenvalue weighted by Gasteiger charge is 2.05. The lowest BCUT2D eigenvalue weighted by Crippen LogP contribution is -1.96. The summed E-state index contributed by atoms with van der Waals surface area (Å²) in [4.78, 5) is 0. The standard InChI is InChI=1S/C10H8FIN2O/c1-15-10-3-2-8(4-9(10)11)14-6-7(12)5-13-14/h2-6H,1H3. The first kappa shape index (κ1) is 10.4. The zero-order valence-electron chi connectivity index (χ0n) is 7.95. The Morgan fingerprint density at radius 2 is 2.27 bits per heavy atom. The van der Waals surface area contributed by atoms with Crippen LogP contribution < -0.4 is 4.74 Å². The van der Waals surface area contributed by atoms with Crippen LogP contribution in [0.15, 0.2) is 30.6 Å². The van der Waals surface area contributed by atoms with E-state index in [0.717, 1.165) is 3.57 Å². The van der Waals surface area contributed by atoms with Crippen molar-refractivity contribution in [2.45, 2.75) is 0 Å². The van der Waals surface area contributed by atoms with Crippen LogP contribution in [0.3, 0.4) is 0 Å². The zero-order chi connectivity index (χ0) is 10.8. The van der Waals surface area contributed by atoms with Crippen LogP contribution in [0.1, 0.15) is 0 Å². The van der Waals surface area contributed by atoms with E-state index in [4.69, 9.17) is 4.74 Å². The van der Waals surface area contributed by atoms with Gasteiger partial charge in [0, 0.05) is 12.3 Å². The van der Waals surface area contributed by atoms with Gasteiger partial charge in [0.1, 0.15) is 0 Å². The van der Waals surface area contributed by atoms with Gasteiger partial charge in [-0.2, -0.15) is 5.10 Å². The number of nitrogens with zero attached hydrogens (tertiary/aromatic N) is 2. The molecule has 2 rings (SSSR count). The van der Waals surface area contributed by atoms with Gasteiger partial charge < -0.3 is 4.74 Å². The van der Waals surface area contributed by atoms with Crippen LogP contribution in [0.5, 0.6) is 5.75 Å². The Labute approximate surface area is 100 Å². The summed E-state index contributed by atoms with van der Waals surface area (Å²) >= 11 is 2.15. The predicted octanol–water partition coefficient (Wildman–Crippen LogP) is 2.62. The predicted molar refractivity (Wildman–Crippen MR) is 62.8 cm³/mol. The minimum Gasteiger partial charge on any atom is -0.494 e. The summed E-state index contributed by atoms with van der Waals surface area (Å²) in [7, 11) is 1.44. The maximum absolute atomic E-state index is 13.4. The summed E-state index contributed by atoms with van der Waals surface area (Å²) in [6.07, 6.45) is 3.53. The maximum Gasteiger partial charge on any atom is 0.167 e. The van der Waals surface area contributed by atoms with Gasteiger partial charge in [-0.1, -0.05) is 0 Å². The number of methoxy groups -OCH3 is 1. The number of ether oxygens (including phenoxy) is 1. The van der Waals surface area contributed by atoms with Gasteiger partial charge in [-0.25, -0.2) is 9.07 Å². The molecule has 0 amide bonds. The lowest BCUT2D eigenvalue weighted by Gasteiger charge is -2.04. The number of rotatable bonds is 2. The van der Waals surface area contributed by atoms with Crippen LogP contribution in [-0.2, 0) is 0 Å². The van der Waals surface area contributed by atoms with Crippen molar-refractivity contribution in [2.75, 3.05) is 7.11 Å². The first-order chi connectivity index (χ1) is 7.20. The fraction of sp³-hybridized carbons (Fsp3) is 0.100. The maximum atomic E-state index is 13.4. The van der Waals surface area contributed by atoms with Crippen LogP contribution in [0.4, 0.5) is 4.39 Å². The van der Waals surface area contributed by atoms with E-state index in [1.54, 1.807) is 23.0 Å².